The van der Waals surface area contributed by atoms with Crippen LogP contribution in [0, 0.1) is 0 Å². The van der Waals surface area contributed by atoms with Gasteiger partial charge < -0.3 is 19.3 Å². The number of nitrogens with one attached hydrogen (secondary N) is 1. The van der Waals surface area contributed by atoms with Crippen molar-refractivity contribution in [1.82, 2.24) is 5.32 Å². The van der Waals surface area contributed by atoms with Crippen molar-refractivity contribution in [3.63, 3.8) is 0 Å². The molecule has 2 N–H and O–H groups in total. The average Bonchev–Trinajstić information content (AvgIpc) is 2.92. The molecule has 1 aliphatic rings. The minimum Gasteiger partial charge on any atom is -0.494 e. The summed E-state index contributed by atoms with van der Waals surface area (Å²) < 4.78 is 17.6. The number of imide groups is 2. The molecule has 0 atom stereocenters. The predicted molar refractivity (Wildman–Crippen MR) is 150 cm³/mol. The smallest absolute Gasteiger partial charge is 0.335 e. The molecule has 0 bridgehead atoms. The molecule has 40 heavy (non-hydrogen) atoms. The normalized spacial score (nSPS) is 14.2. The highest BCUT2D eigenvalue weighted by atomic mass is 79.9. The largest absolute Gasteiger partial charge is 0.494 e. The van der Waals surface area contributed by atoms with Gasteiger partial charge in [0.25, 0.3) is 11.8 Å². The Labute approximate surface area is 238 Å². The maximum atomic E-state index is 13.3. The zero-order valence-corrected chi connectivity index (χ0v) is 23.2. The van der Waals surface area contributed by atoms with Gasteiger partial charge in [-0.15, -0.1) is 0 Å². The fourth-order valence-electron chi connectivity index (χ4n) is 3.89. The number of anilines is 1. The monoisotopic (exact) mass is 608 g/mol. The van der Waals surface area contributed by atoms with Gasteiger partial charge in [0.05, 0.1) is 28.9 Å². The van der Waals surface area contributed by atoms with Crippen molar-refractivity contribution < 1.29 is 38.5 Å². The van der Waals surface area contributed by atoms with Gasteiger partial charge in [-0.3, -0.25) is 14.9 Å². The van der Waals surface area contributed by atoms with Gasteiger partial charge in [-0.1, -0.05) is 12.1 Å². The number of aromatic carboxylic acids is 1. The van der Waals surface area contributed by atoms with Gasteiger partial charge >= 0.3 is 12.0 Å². The molecule has 0 aromatic heterocycles. The summed E-state index contributed by atoms with van der Waals surface area (Å²) in [4.78, 5) is 50.4. The standard InChI is InChI=1S/C29H25BrN2O8/c1-3-38-21-11-9-20(10-12-21)32-27(34)22(26(33)31-29(32)37)13-18-14-23(30)25(24(15-18)39-4-2)40-16-17-5-7-19(8-6-17)28(35)36/h5-15H,3-4,16H2,1-2H3,(H,35,36)(H,31,33,37)/b22-13+. The first-order chi connectivity index (χ1) is 19.2. The number of ether oxygens (including phenoxy) is 3. The van der Waals surface area contributed by atoms with Crippen LogP contribution in [0.4, 0.5) is 10.5 Å². The summed E-state index contributed by atoms with van der Waals surface area (Å²) in [7, 11) is 0. The van der Waals surface area contributed by atoms with Gasteiger partial charge in [0.2, 0.25) is 0 Å². The minimum atomic E-state index is -1.02. The Hall–Kier alpha value is -4.64. The van der Waals surface area contributed by atoms with E-state index in [1.807, 2.05) is 6.92 Å². The minimum absolute atomic E-state index is 0.138. The molecule has 3 aromatic carbocycles. The number of amides is 4. The SMILES string of the molecule is CCOc1ccc(N2C(=O)NC(=O)/C(=C\c3cc(Br)c(OCc4ccc(C(=O)O)cc4)c(OCC)c3)C2=O)cc1. The summed E-state index contributed by atoms with van der Waals surface area (Å²) >= 11 is 3.47. The van der Waals surface area contributed by atoms with E-state index in [0.717, 1.165) is 10.5 Å². The summed E-state index contributed by atoms with van der Waals surface area (Å²) in [5, 5.41) is 11.3. The van der Waals surface area contributed by atoms with Crippen LogP contribution in [0.3, 0.4) is 0 Å². The summed E-state index contributed by atoms with van der Waals surface area (Å²) in [5.74, 6) is -1.30. The highest BCUT2D eigenvalue weighted by Crippen LogP contribution is 2.38. The van der Waals surface area contributed by atoms with E-state index in [-0.39, 0.29) is 23.4 Å². The Morgan fingerprint density at radius 1 is 0.950 bits per heavy atom. The molecule has 0 spiro atoms. The van der Waals surface area contributed by atoms with E-state index < -0.39 is 23.8 Å². The summed E-state index contributed by atoms with van der Waals surface area (Å²) in [6.07, 6.45) is 1.37. The first-order valence-electron chi connectivity index (χ1n) is 12.3. The number of carbonyl (C=O) groups is 4. The number of hydrogen-bond acceptors (Lipinski definition) is 7. The number of carboxylic acids is 1. The molecule has 0 radical (unpaired) electrons. The molecule has 1 fully saturated rings. The molecule has 3 aromatic rings. The van der Waals surface area contributed by atoms with Crippen LogP contribution in [0.5, 0.6) is 17.2 Å². The highest BCUT2D eigenvalue weighted by molar-refractivity contribution is 9.10. The van der Waals surface area contributed by atoms with Crippen molar-refractivity contribution in [2.45, 2.75) is 20.5 Å². The Morgan fingerprint density at radius 2 is 1.62 bits per heavy atom. The Bertz CT molecular complexity index is 1480. The topological polar surface area (TPSA) is 131 Å². The van der Waals surface area contributed by atoms with E-state index in [1.54, 1.807) is 55.5 Å². The van der Waals surface area contributed by atoms with Crippen LogP contribution < -0.4 is 24.4 Å². The molecular weight excluding hydrogens is 584 g/mol. The van der Waals surface area contributed by atoms with Crippen LogP contribution in [0.1, 0.15) is 35.3 Å². The number of carbonyl (C=O) groups excluding carboxylic acids is 3. The van der Waals surface area contributed by atoms with Crippen molar-refractivity contribution in [2.75, 3.05) is 18.1 Å². The Balaban J connectivity index is 1.61. The van der Waals surface area contributed by atoms with Crippen LogP contribution in [0.15, 0.2) is 70.7 Å². The number of rotatable bonds is 10. The maximum absolute atomic E-state index is 13.3. The van der Waals surface area contributed by atoms with E-state index in [0.29, 0.717) is 40.5 Å². The highest BCUT2D eigenvalue weighted by Gasteiger charge is 2.37. The molecule has 10 nitrogen and oxygen atoms in total. The van der Waals surface area contributed by atoms with E-state index in [4.69, 9.17) is 19.3 Å². The van der Waals surface area contributed by atoms with E-state index in [1.165, 1.54) is 18.2 Å². The van der Waals surface area contributed by atoms with Gasteiger partial charge in [0.1, 0.15) is 17.9 Å². The van der Waals surface area contributed by atoms with E-state index in [9.17, 15) is 19.2 Å². The van der Waals surface area contributed by atoms with Gasteiger partial charge in [-0.05, 0) is 95.5 Å². The number of benzene rings is 3. The molecule has 1 aliphatic heterocycles. The van der Waals surface area contributed by atoms with Gasteiger partial charge in [-0.25, -0.2) is 14.5 Å². The molecule has 0 saturated carbocycles. The zero-order chi connectivity index (χ0) is 28.8. The fourth-order valence-corrected chi connectivity index (χ4v) is 4.46. The molecule has 1 heterocycles. The van der Waals surface area contributed by atoms with E-state index >= 15 is 0 Å². The molecule has 206 valence electrons. The third-order valence-electron chi connectivity index (χ3n) is 5.73. The van der Waals surface area contributed by atoms with Crippen molar-refractivity contribution in [3.8, 4) is 17.2 Å². The fraction of sp³-hybridized carbons (Fsp3) is 0.172. The zero-order valence-electron chi connectivity index (χ0n) is 21.6. The van der Waals surface area contributed by atoms with Crippen molar-refractivity contribution in [2.24, 2.45) is 0 Å². The van der Waals surface area contributed by atoms with Crippen molar-refractivity contribution >= 4 is 51.5 Å². The second-order valence-electron chi connectivity index (χ2n) is 8.44. The quantitative estimate of drug-likeness (QED) is 0.237. The number of barbiturate groups is 1. The van der Waals surface area contributed by atoms with Gasteiger partial charge in [0.15, 0.2) is 11.5 Å². The summed E-state index contributed by atoms with van der Waals surface area (Å²) in [5.41, 5.74) is 1.40. The van der Waals surface area contributed by atoms with Gasteiger partial charge in [0, 0.05) is 0 Å². The molecular formula is C29H25BrN2O8. The lowest BCUT2D eigenvalue weighted by molar-refractivity contribution is -0.122. The molecule has 0 unspecified atom stereocenters. The first-order valence-corrected chi connectivity index (χ1v) is 13.1. The van der Waals surface area contributed by atoms with Crippen LogP contribution in [0.2, 0.25) is 0 Å². The lowest BCUT2D eigenvalue weighted by Crippen LogP contribution is -2.54. The van der Waals surface area contributed by atoms with E-state index in [2.05, 4.69) is 21.2 Å². The van der Waals surface area contributed by atoms with Crippen LogP contribution in [0.25, 0.3) is 6.08 Å². The third-order valence-corrected chi connectivity index (χ3v) is 6.32. The van der Waals surface area contributed by atoms with Crippen molar-refractivity contribution in [1.29, 1.82) is 0 Å². The lowest BCUT2D eigenvalue weighted by atomic mass is 10.1. The second kappa shape index (κ2) is 12.5. The predicted octanol–water partition coefficient (Wildman–Crippen LogP) is 5.19. The molecule has 4 rings (SSSR count). The number of urea groups is 1. The number of nitrogens with zero attached hydrogens (tertiary/aromatic N) is 1. The second-order valence-corrected chi connectivity index (χ2v) is 9.29. The summed E-state index contributed by atoms with van der Waals surface area (Å²) in [6.45, 7) is 4.56. The maximum Gasteiger partial charge on any atom is 0.335 e. The van der Waals surface area contributed by atoms with Crippen LogP contribution in [-0.4, -0.2) is 42.1 Å². The number of hydrogen-bond donors (Lipinski definition) is 2. The molecule has 0 aliphatic carbocycles. The lowest BCUT2D eigenvalue weighted by Gasteiger charge is -2.26. The van der Waals surface area contributed by atoms with Crippen LogP contribution in [-0.2, 0) is 16.2 Å². The first kappa shape index (κ1) is 28.4. The third kappa shape index (κ3) is 6.32. The number of halogens is 1. The summed E-state index contributed by atoms with van der Waals surface area (Å²) in [6, 6.07) is 15.1. The Morgan fingerprint density at radius 3 is 2.25 bits per heavy atom. The van der Waals surface area contributed by atoms with Crippen LogP contribution >= 0.6 is 15.9 Å². The van der Waals surface area contributed by atoms with Crippen molar-refractivity contribution in [3.05, 3.63) is 87.4 Å². The Kier molecular flexibility index (Phi) is 8.85. The average molecular weight is 609 g/mol. The molecule has 11 heteroatoms. The number of carboxylic acid groups (broad SMARTS) is 1. The molecule has 1 saturated heterocycles. The van der Waals surface area contributed by atoms with Gasteiger partial charge in [-0.2, -0.15) is 0 Å². The molecule has 4 amide bonds.